The molecule has 1 N–H and O–H groups in total. The largest absolute Gasteiger partial charge is 0.391 e. The van der Waals surface area contributed by atoms with Crippen LogP contribution in [0.15, 0.2) is 42.7 Å². The third kappa shape index (κ3) is 4.77. The van der Waals surface area contributed by atoms with Crippen molar-refractivity contribution in [3.63, 3.8) is 0 Å². The van der Waals surface area contributed by atoms with E-state index in [0.717, 1.165) is 12.8 Å². The maximum atomic E-state index is 13.8. The number of pyridine rings is 1. The Morgan fingerprint density at radius 3 is 2.68 bits per heavy atom. The standard InChI is InChI=1S/C24H28FN3O3/c1-17-4-5-18(11-21(17)25)12-22(30)27-9-6-24(7-10-27)13-20(29)15-28(16-24)23(31)19-3-2-8-26-14-19/h2-5,8,11,14,20,29H,6-7,9-10,12-13,15-16H2,1H3. The van der Waals surface area contributed by atoms with E-state index in [9.17, 15) is 19.1 Å². The van der Waals surface area contributed by atoms with Crippen LogP contribution in [0.1, 0.15) is 40.7 Å². The Labute approximate surface area is 181 Å². The maximum Gasteiger partial charge on any atom is 0.255 e. The molecule has 2 fully saturated rings. The van der Waals surface area contributed by atoms with Gasteiger partial charge in [-0.25, -0.2) is 4.39 Å². The molecule has 31 heavy (non-hydrogen) atoms. The smallest absolute Gasteiger partial charge is 0.255 e. The van der Waals surface area contributed by atoms with E-state index in [1.165, 1.54) is 6.07 Å². The first kappa shape index (κ1) is 21.4. The molecule has 0 aliphatic carbocycles. The van der Waals surface area contributed by atoms with Crippen molar-refractivity contribution in [1.82, 2.24) is 14.8 Å². The van der Waals surface area contributed by atoms with Crippen LogP contribution < -0.4 is 0 Å². The van der Waals surface area contributed by atoms with Crippen molar-refractivity contribution in [1.29, 1.82) is 0 Å². The zero-order chi connectivity index (χ0) is 22.0. The van der Waals surface area contributed by atoms with Crippen molar-refractivity contribution in [2.24, 2.45) is 5.41 Å². The summed E-state index contributed by atoms with van der Waals surface area (Å²) in [6.07, 6.45) is 4.87. The topological polar surface area (TPSA) is 73.7 Å². The highest BCUT2D eigenvalue weighted by Gasteiger charge is 2.43. The zero-order valence-corrected chi connectivity index (χ0v) is 17.8. The number of carbonyl (C=O) groups excluding carboxylic acids is 2. The lowest BCUT2D eigenvalue weighted by Crippen LogP contribution is -2.56. The van der Waals surface area contributed by atoms with Crippen molar-refractivity contribution in [3.05, 3.63) is 65.2 Å². The molecule has 0 radical (unpaired) electrons. The molecule has 2 saturated heterocycles. The predicted molar refractivity (Wildman–Crippen MR) is 114 cm³/mol. The lowest BCUT2D eigenvalue weighted by molar-refractivity contribution is -0.134. The van der Waals surface area contributed by atoms with Gasteiger partial charge < -0.3 is 14.9 Å². The Morgan fingerprint density at radius 1 is 1.23 bits per heavy atom. The summed E-state index contributed by atoms with van der Waals surface area (Å²) < 4.78 is 13.8. The van der Waals surface area contributed by atoms with Gasteiger partial charge in [0.05, 0.1) is 18.1 Å². The highest BCUT2D eigenvalue weighted by Crippen LogP contribution is 2.40. The number of benzene rings is 1. The van der Waals surface area contributed by atoms with E-state index in [4.69, 9.17) is 0 Å². The number of aryl methyl sites for hydroxylation is 1. The molecule has 1 aromatic carbocycles. The number of nitrogens with zero attached hydrogens (tertiary/aromatic N) is 3. The predicted octanol–water partition coefficient (Wildman–Crippen LogP) is 2.59. The first-order valence-corrected chi connectivity index (χ1v) is 10.8. The number of amides is 2. The van der Waals surface area contributed by atoms with E-state index in [0.29, 0.717) is 49.3 Å². The summed E-state index contributed by atoms with van der Waals surface area (Å²) in [5.41, 5.74) is 1.57. The molecule has 0 saturated carbocycles. The molecule has 6 nitrogen and oxygen atoms in total. The number of hydrogen-bond acceptors (Lipinski definition) is 4. The molecule has 2 aliphatic rings. The molecule has 4 rings (SSSR count). The molecular weight excluding hydrogens is 397 g/mol. The Kier molecular flexibility index (Phi) is 6.05. The number of halogens is 1. The Hall–Kier alpha value is -2.80. The summed E-state index contributed by atoms with van der Waals surface area (Å²) in [5.74, 6) is -0.429. The maximum absolute atomic E-state index is 13.8. The first-order valence-electron chi connectivity index (χ1n) is 10.8. The minimum absolute atomic E-state index is 0.0160. The van der Waals surface area contributed by atoms with Gasteiger partial charge in [-0.2, -0.15) is 0 Å². The number of likely N-dealkylation sites (tertiary alicyclic amines) is 2. The molecule has 2 aromatic rings. The van der Waals surface area contributed by atoms with Crippen LogP contribution in [-0.2, 0) is 11.2 Å². The molecule has 7 heteroatoms. The fourth-order valence-corrected chi connectivity index (χ4v) is 4.80. The molecular formula is C24H28FN3O3. The Bertz CT molecular complexity index is 958. The van der Waals surface area contributed by atoms with Gasteiger partial charge in [-0.1, -0.05) is 12.1 Å². The molecule has 3 heterocycles. The average Bonchev–Trinajstić information content (AvgIpc) is 2.76. The van der Waals surface area contributed by atoms with Gasteiger partial charge in [-0.3, -0.25) is 14.6 Å². The minimum Gasteiger partial charge on any atom is -0.391 e. The van der Waals surface area contributed by atoms with Crippen molar-refractivity contribution in [3.8, 4) is 0 Å². The van der Waals surface area contributed by atoms with Gasteiger partial charge in [0.1, 0.15) is 5.82 Å². The molecule has 2 amide bonds. The van der Waals surface area contributed by atoms with Crippen molar-refractivity contribution in [2.75, 3.05) is 26.2 Å². The van der Waals surface area contributed by atoms with Crippen LogP contribution in [0.5, 0.6) is 0 Å². The van der Waals surface area contributed by atoms with Gasteiger partial charge >= 0.3 is 0 Å². The number of rotatable bonds is 3. The number of hydrogen-bond donors (Lipinski definition) is 1. The average molecular weight is 426 g/mol. The molecule has 164 valence electrons. The number of β-amino-alcohol motifs (C(OH)–C–C–N with tert-alkyl or cyclic N) is 1. The van der Waals surface area contributed by atoms with Gasteiger partial charge in [0, 0.05) is 38.6 Å². The fraction of sp³-hybridized carbons (Fsp3) is 0.458. The van der Waals surface area contributed by atoms with Crippen LogP contribution in [-0.4, -0.2) is 64.0 Å². The first-order chi connectivity index (χ1) is 14.8. The Balaban J connectivity index is 1.38. The van der Waals surface area contributed by atoms with E-state index >= 15 is 0 Å². The fourth-order valence-electron chi connectivity index (χ4n) is 4.80. The lowest BCUT2D eigenvalue weighted by Gasteiger charge is -2.49. The SMILES string of the molecule is Cc1ccc(CC(=O)N2CCC3(CC2)CC(O)CN(C(=O)c2cccnc2)C3)cc1F. The highest BCUT2D eigenvalue weighted by atomic mass is 19.1. The number of aromatic nitrogens is 1. The molecule has 1 aromatic heterocycles. The Morgan fingerprint density at radius 2 is 2.00 bits per heavy atom. The van der Waals surface area contributed by atoms with Crippen LogP contribution in [0, 0.1) is 18.2 Å². The van der Waals surface area contributed by atoms with E-state index in [2.05, 4.69) is 4.98 Å². The third-order valence-corrected chi connectivity index (χ3v) is 6.59. The number of carbonyl (C=O) groups is 2. The minimum atomic E-state index is -0.577. The summed E-state index contributed by atoms with van der Waals surface area (Å²) in [6.45, 7) is 3.75. The van der Waals surface area contributed by atoms with Crippen LogP contribution in [0.3, 0.4) is 0 Å². The van der Waals surface area contributed by atoms with Crippen LogP contribution in [0.2, 0.25) is 0 Å². The third-order valence-electron chi connectivity index (χ3n) is 6.59. The summed E-state index contributed by atoms with van der Waals surface area (Å²) in [6, 6.07) is 8.38. The lowest BCUT2D eigenvalue weighted by atomic mass is 9.71. The molecule has 1 atom stereocenters. The molecule has 0 bridgehead atoms. The molecule has 1 unspecified atom stereocenters. The van der Waals surface area contributed by atoms with Gasteiger partial charge in [0.15, 0.2) is 0 Å². The van der Waals surface area contributed by atoms with Crippen molar-refractivity contribution in [2.45, 2.75) is 38.7 Å². The van der Waals surface area contributed by atoms with Gasteiger partial charge in [-0.05, 0) is 60.9 Å². The summed E-state index contributed by atoms with van der Waals surface area (Å²) in [7, 11) is 0. The monoisotopic (exact) mass is 425 g/mol. The quantitative estimate of drug-likeness (QED) is 0.820. The second-order valence-corrected chi connectivity index (χ2v) is 8.93. The number of aliphatic hydroxyl groups excluding tert-OH is 1. The summed E-state index contributed by atoms with van der Waals surface area (Å²) in [5, 5.41) is 10.5. The molecule has 2 aliphatic heterocycles. The van der Waals surface area contributed by atoms with Crippen LogP contribution in [0.4, 0.5) is 4.39 Å². The van der Waals surface area contributed by atoms with E-state index in [1.54, 1.807) is 48.5 Å². The normalized spacial score (nSPS) is 20.7. The highest BCUT2D eigenvalue weighted by molar-refractivity contribution is 5.94. The second kappa shape index (κ2) is 8.75. The van der Waals surface area contributed by atoms with Gasteiger partial charge in [0.2, 0.25) is 5.91 Å². The van der Waals surface area contributed by atoms with E-state index in [-0.39, 0.29) is 29.5 Å². The number of piperidine rings is 2. The van der Waals surface area contributed by atoms with Gasteiger partial charge in [0.25, 0.3) is 5.91 Å². The van der Waals surface area contributed by atoms with Crippen LogP contribution >= 0.6 is 0 Å². The van der Waals surface area contributed by atoms with Crippen LogP contribution in [0.25, 0.3) is 0 Å². The van der Waals surface area contributed by atoms with Crippen molar-refractivity contribution < 1.29 is 19.1 Å². The zero-order valence-electron chi connectivity index (χ0n) is 17.8. The molecule has 1 spiro atoms. The van der Waals surface area contributed by atoms with Crippen molar-refractivity contribution >= 4 is 11.8 Å². The van der Waals surface area contributed by atoms with Gasteiger partial charge in [-0.15, -0.1) is 0 Å². The summed E-state index contributed by atoms with van der Waals surface area (Å²) in [4.78, 5) is 33.2. The summed E-state index contributed by atoms with van der Waals surface area (Å²) >= 11 is 0. The van der Waals surface area contributed by atoms with E-state index < -0.39 is 6.10 Å². The second-order valence-electron chi connectivity index (χ2n) is 8.93. The number of aliphatic hydroxyl groups is 1. The van der Waals surface area contributed by atoms with E-state index in [1.807, 2.05) is 4.90 Å².